The van der Waals surface area contributed by atoms with E-state index in [4.69, 9.17) is 0 Å². The van der Waals surface area contributed by atoms with Crippen LogP contribution in [0.25, 0.3) is 0 Å². The van der Waals surface area contributed by atoms with Gasteiger partial charge in [0.2, 0.25) is 0 Å². The highest BCUT2D eigenvalue weighted by atomic mass is 19.3. The molecule has 0 bridgehead atoms. The number of halogens is 2. The molecule has 1 aliphatic carbocycles. The van der Waals surface area contributed by atoms with Crippen LogP contribution in [-0.4, -0.2) is 30.5 Å². The average Bonchev–Trinajstić information content (AvgIpc) is 2.46. The number of alkyl halides is 2. The number of benzene rings is 1. The summed E-state index contributed by atoms with van der Waals surface area (Å²) in [6.07, 6.45) is 4.24. The largest absolute Gasteiger partial charge is 0.435 e. The third kappa shape index (κ3) is 4.16. The van der Waals surface area contributed by atoms with Crippen molar-refractivity contribution >= 4 is 5.91 Å². The fraction of sp³-hybridized carbons (Fsp3) is 0.562. The molecule has 0 heterocycles. The Hall–Kier alpha value is -1.65. The van der Waals surface area contributed by atoms with Gasteiger partial charge >= 0.3 is 6.61 Å². The molecule has 0 saturated heterocycles. The van der Waals surface area contributed by atoms with Crippen LogP contribution in [-0.2, 0) is 0 Å². The summed E-state index contributed by atoms with van der Waals surface area (Å²) in [5, 5.41) is 0. The molecular formula is C16H21F2NO2. The Kier molecular flexibility index (Phi) is 5.15. The zero-order chi connectivity index (χ0) is 15.4. The Morgan fingerprint density at radius 2 is 1.95 bits per heavy atom. The van der Waals surface area contributed by atoms with Gasteiger partial charge in [-0.25, -0.2) is 0 Å². The molecule has 2 rings (SSSR count). The Labute approximate surface area is 123 Å². The van der Waals surface area contributed by atoms with Gasteiger partial charge in [0.25, 0.3) is 5.91 Å². The van der Waals surface area contributed by atoms with E-state index in [1.54, 1.807) is 24.1 Å². The Morgan fingerprint density at radius 3 is 2.57 bits per heavy atom. The summed E-state index contributed by atoms with van der Waals surface area (Å²) < 4.78 is 28.8. The van der Waals surface area contributed by atoms with E-state index < -0.39 is 6.61 Å². The highest BCUT2D eigenvalue weighted by Gasteiger charge is 2.25. The molecule has 1 aliphatic rings. The first-order valence-corrected chi connectivity index (χ1v) is 7.29. The molecule has 0 radical (unpaired) electrons. The van der Waals surface area contributed by atoms with Crippen LogP contribution in [0.2, 0.25) is 0 Å². The van der Waals surface area contributed by atoms with Gasteiger partial charge in [0.05, 0.1) is 0 Å². The van der Waals surface area contributed by atoms with Gasteiger partial charge in [0.15, 0.2) is 0 Å². The van der Waals surface area contributed by atoms with Crippen LogP contribution >= 0.6 is 0 Å². The molecule has 0 atom stereocenters. The standard InChI is InChI=1S/C16H21F2NO2/c1-11-6-8-13(9-7-11)19(2)15(20)12-4-3-5-14(10-12)21-16(17)18/h3-5,10-11,13,16H,6-9H2,1-2H3. The molecule has 1 aromatic rings. The summed E-state index contributed by atoms with van der Waals surface area (Å²) in [6.45, 7) is -0.656. The first-order chi connectivity index (χ1) is 9.97. The smallest absolute Gasteiger partial charge is 0.387 e. The number of amides is 1. The zero-order valence-electron chi connectivity index (χ0n) is 12.4. The van der Waals surface area contributed by atoms with Gasteiger partial charge in [0.1, 0.15) is 5.75 Å². The second-order valence-corrected chi connectivity index (χ2v) is 5.74. The first kappa shape index (κ1) is 15.7. The van der Waals surface area contributed by atoms with Gasteiger partial charge in [-0.2, -0.15) is 8.78 Å². The second kappa shape index (κ2) is 6.87. The molecule has 1 fully saturated rings. The lowest BCUT2D eigenvalue weighted by Crippen LogP contribution is -2.39. The predicted molar refractivity (Wildman–Crippen MR) is 76.6 cm³/mol. The van der Waals surface area contributed by atoms with Crippen molar-refractivity contribution in [3.63, 3.8) is 0 Å². The number of ether oxygens (including phenoxy) is 1. The molecule has 116 valence electrons. The molecule has 0 unspecified atom stereocenters. The lowest BCUT2D eigenvalue weighted by molar-refractivity contribution is -0.0499. The molecule has 1 saturated carbocycles. The van der Waals surface area contributed by atoms with E-state index in [-0.39, 0.29) is 17.7 Å². The van der Waals surface area contributed by atoms with Crippen molar-refractivity contribution in [2.45, 2.75) is 45.3 Å². The van der Waals surface area contributed by atoms with Gasteiger partial charge in [-0.05, 0) is 49.8 Å². The topological polar surface area (TPSA) is 29.5 Å². The van der Waals surface area contributed by atoms with Crippen molar-refractivity contribution < 1.29 is 18.3 Å². The van der Waals surface area contributed by atoms with Crippen LogP contribution in [0.5, 0.6) is 5.75 Å². The highest BCUT2D eigenvalue weighted by molar-refractivity contribution is 5.94. The van der Waals surface area contributed by atoms with Crippen molar-refractivity contribution in [1.29, 1.82) is 0 Å². The van der Waals surface area contributed by atoms with E-state index in [1.807, 2.05) is 0 Å². The molecule has 1 amide bonds. The normalized spacial score (nSPS) is 22.1. The first-order valence-electron chi connectivity index (χ1n) is 7.29. The van der Waals surface area contributed by atoms with E-state index >= 15 is 0 Å². The SMILES string of the molecule is CC1CCC(N(C)C(=O)c2cccc(OC(F)F)c2)CC1. The van der Waals surface area contributed by atoms with Crippen molar-refractivity contribution in [3.05, 3.63) is 29.8 Å². The van der Waals surface area contributed by atoms with E-state index in [2.05, 4.69) is 11.7 Å². The van der Waals surface area contributed by atoms with Crippen molar-refractivity contribution in [1.82, 2.24) is 4.90 Å². The summed E-state index contributed by atoms with van der Waals surface area (Å²) in [6, 6.07) is 6.21. The van der Waals surface area contributed by atoms with E-state index in [1.165, 1.54) is 12.1 Å². The maximum atomic E-state index is 12.4. The van der Waals surface area contributed by atoms with Gasteiger partial charge in [-0.3, -0.25) is 4.79 Å². The summed E-state index contributed by atoms with van der Waals surface area (Å²) >= 11 is 0. The van der Waals surface area contributed by atoms with E-state index in [0.717, 1.165) is 25.7 Å². The molecule has 0 N–H and O–H groups in total. The maximum absolute atomic E-state index is 12.4. The average molecular weight is 297 g/mol. The summed E-state index contributed by atoms with van der Waals surface area (Å²) in [4.78, 5) is 14.2. The van der Waals surface area contributed by atoms with Gasteiger partial charge in [0, 0.05) is 18.7 Å². The molecule has 21 heavy (non-hydrogen) atoms. The van der Waals surface area contributed by atoms with E-state index in [9.17, 15) is 13.6 Å². The van der Waals surface area contributed by atoms with Crippen LogP contribution in [0.15, 0.2) is 24.3 Å². The quantitative estimate of drug-likeness (QED) is 0.842. The van der Waals surface area contributed by atoms with Gasteiger partial charge < -0.3 is 9.64 Å². The molecule has 1 aromatic carbocycles. The molecule has 3 nitrogen and oxygen atoms in total. The molecule has 0 aromatic heterocycles. The minimum atomic E-state index is -2.88. The minimum Gasteiger partial charge on any atom is -0.435 e. The van der Waals surface area contributed by atoms with Crippen LogP contribution in [0.4, 0.5) is 8.78 Å². The molecule has 0 spiro atoms. The summed E-state index contributed by atoms with van der Waals surface area (Å²) in [7, 11) is 1.78. The minimum absolute atomic E-state index is 0.0153. The summed E-state index contributed by atoms with van der Waals surface area (Å²) in [5.41, 5.74) is 0.384. The summed E-state index contributed by atoms with van der Waals surface area (Å²) in [5.74, 6) is 0.586. The predicted octanol–water partition coefficient (Wildman–Crippen LogP) is 3.94. The fourth-order valence-corrected chi connectivity index (χ4v) is 2.80. The van der Waals surface area contributed by atoms with Gasteiger partial charge in [-0.15, -0.1) is 0 Å². The Balaban J connectivity index is 2.05. The third-order valence-electron chi connectivity index (χ3n) is 4.16. The fourth-order valence-electron chi connectivity index (χ4n) is 2.80. The lowest BCUT2D eigenvalue weighted by atomic mass is 9.86. The van der Waals surface area contributed by atoms with Crippen molar-refractivity contribution in [3.8, 4) is 5.75 Å². The zero-order valence-corrected chi connectivity index (χ0v) is 12.4. The van der Waals surface area contributed by atoms with Crippen molar-refractivity contribution in [2.24, 2.45) is 5.92 Å². The van der Waals surface area contributed by atoms with Crippen LogP contribution in [0.1, 0.15) is 43.0 Å². The van der Waals surface area contributed by atoms with Crippen LogP contribution in [0.3, 0.4) is 0 Å². The molecule has 5 heteroatoms. The lowest BCUT2D eigenvalue weighted by Gasteiger charge is -2.33. The molecule has 0 aliphatic heterocycles. The Morgan fingerprint density at radius 1 is 1.29 bits per heavy atom. The van der Waals surface area contributed by atoms with Crippen LogP contribution in [0, 0.1) is 5.92 Å². The van der Waals surface area contributed by atoms with E-state index in [0.29, 0.717) is 11.5 Å². The third-order valence-corrected chi connectivity index (χ3v) is 4.16. The number of rotatable bonds is 4. The van der Waals surface area contributed by atoms with Crippen LogP contribution < -0.4 is 4.74 Å². The number of nitrogens with zero attached hydrogens (tertiary/aromatic N) is 1. The number of hydrogen-bond donors (Lipinski definition) is 0. The molecular weight excluding hydrogens is 276 g/mol. The van der Waals surface area contributed by atoms with Gasteiger partial charge in [-0.1, -0.05) is 13.0 Å². The second-order valence-electron chi connectivity index (χ2n) is 5.74. The Bertz CT molecular complexity index is 485. The number of carbonyl (C=O) groups excluding carboxylic acids is 1. The van der Waals surface area contributed by atoms with Crippen molar-refractivity contribution in [2.75, 3.05) is 7.05 Å². The maximum Gasteiger partial charge on any atom is 0.387 e. The number of hydrogen-bond acceptors (Lipinski definition) is 2. The number of carbonyl (C=O) groups is 1. The monoisotopic (exact) mass is 297 g/mol. The highest BCUT2D eigenvalue weighted by Crippen LogP contribution is 2.27.